The minimum atomic E-state index is -0.387. The summed E-state index contributed by atoms with van der Waals surface area (Å²) < 4.78 is 5.98. The molecule has 0 saturated heterocycles. The Balaban J connectivity index is 2.23. The number of rotatable bonds is 9. The minimum absolute atomic E-state index is 0.371. The molecule has 3 heteroatoms. The van der Waals surface area contributed by atoms with Crippen molar-refractivity contribution in [2.24, 2.45) is 11.8 Å². The fourth-order valence-electron chi connectivity index (χ4n) is 3.29. The van der Waals surface area contributed by atoms with Crippen LogP contribution in [0.2, 0.25) is 0 Å². The average Bonchev–Trinajstić information content (AvgIpc) is 2.45. The first-order valence-corrected chi connectivity index (χ1v) is 8.61. The number of hydrogen-bond acceptors (Lipinski definition) is 3. The van der Waals surface area contributed by atoms with Gasteiger partial charge in [-0.25, -0.2) is 0 Å². The molecule has 0 aromatic rings. The third-order valence-electron chi connectivity index (χ3n) is 4.73. The highest BCUT2D eigenvalue weighted by Crippen LogP contribution is 2.29. The van der Waals surface area contributed by atoms with Crippen LogP contribution in [0.15, 0.2) is 0 Å². The Labute approximate surface area is 125 Å². The Hall–Kier alpha value is -0.120. The molecule has 4 unspecified atom stereocenters. The molecule has 1 saturated carbocycles. The van der Waals surface area contributed by atoms with E-state index < -0.39 is 0 Å². The lowest BCUT2D eigenvalue weighted by atomic mass is 9.85. The molecule has 0 spiro atoms. The lowest BCUT2D eigenvalue weighted by molar-refractivity contribution is -0.0505. The summed E-state index contributed by atoms with van der Waals surface area (Å²) in [4.78, 5) is 0. The standard InChI is InChI=1S/C17H35NO2/c1-5-14-9-7-8-10-17(14)20-12-15(19)11-18-16(6-2)13(3)4/h13-19H,5-12H2,1-4H3. The van der Waals surface area contributed by atoms with Gasteiger partial charge in [0.15, 0.2) is 0 Å². The summed E-state index contributed by atoms with van der Waals surface area (Å²) in [6, 6.07) is 0.489. The van der Waals surface area contributed by atoms with E-state index in [0.29, 0.717) is 37.1 Å². The van der Waals surface area contributed by atoms with Crippen LogP contribution in [-0.2, 0) is 4.74 Å². The van der Waals surface area contributed by atoms with Crippen LogP contribution in [0, 0.1) is 11.8 Å². The largest absolute Gasteiger partial charge is 0.389 e. The van der Waals surface area contributed by atoms with Crippen LogP contribution in [0.5, 0.6) is 0 Å². The number of aliphatic hydroxyl groups is 1. The van der Waals surface area contributed by atoms with Gasteiger partial charge in [0.1, 0.15) is 0 Å². The number of nitrogens with one attached hydrogen (secondary N) is 1. The summed E-state index contributed by atoms with van der Waals surface area (Å²) in [6.45, 7) is 9.99. The van der Waals surface area contributed by atoms with Gasteiger partial charge in [-0.2, -0.15) is 0 Å². The van der Waals surface area contributed by atoms with Crippen molar-refractivity contribution in [3.63, 3.8) is 0 Å². The first-order chi connectivity index (χ1) is 9.58. The van der Waals surface area contributed by atoms with Crippen molar-refractivity contribution in [2.45, 2.75) is 84.5 Å². The summed E-state index contributed by atoms with van der Waals surface area (Å²) in [5.74, 6) is 1.30. The molecule has 0 heterocycles. The molecule has 0 aliphatic heterocycles. The first kappa shape index (κ1) is 17.9. The molecule has 120 valence electrons. The van der Waals surface area contributed by atoms with E-state index in [9.17, 15) is 5.11 Å². The third-order valence-corrected chi connectivity index (χ3v) is 4.73. The Morgan fingerprint density at radius 1 is 1.20 bits per heavy atom. The molecule has 1 aliphatic carbocycles. The molecule has 20 heavy (non-hydrogen) atoms. The third kappa shape index (κ3) is 6.11. The quantitative estimate of drug-likeness (QED) is 0.682. The van der Waals surface area contributed by atoms with E-state index >= 15 is 0 Å². The summed E-state index contributed by atoms with van der Waals surface area (Å²) >= 11 is 0. The normalized spacial score (nSPS) is 26.7. The fraction of sp³-hybridized carbons (Fsp3) is 1.00. The second-order valence-electron chi connectivity index (χ2n) is 6.65. The molecule has 0 aromatic heterocycles. The Morgan fingerprint density at radius 3 is 2.50 bits per heavy atom. The van der Waals surface area contributed by atoms with Crippen molar-refractivity contribution in [1.29, 1.82) is 0 Å². The van der Waals surface area contributed by atoms with Crippen LogP contribution in [-0.4, -0.2) is 36.5 Å². The van der Waals surface area contributed by atoms with Gasteiger partial charge in [-0.3, -0.25) is 0 Å². The zero-order valence-electron chi connectivity index (χ0n) is 13.9. The van der Waals surface area contributed by atoms with E-state index in [2.05, 4.69) is 33.0 Å². The highest BCUT2D eigenvalue weighted by molar-refractivity contribution is 4.76. The molecule has 2 N–H and O–H groups in total. The molecule has 1 fully saturated rings. The maximum Gasteiger partial charge on any atom is 0.0897 e. The van der Waals surface area contributed by atoms with Gasteiger partial charge < -0.3 is 15.2 Å². The zero-order chi connectivity index (χ0) is 15.0. The summed E-state index contributed by atoms with van der Waals surface area (Å²) in [6.07, 6.45) is 7.37. The van der Waals surface area contributed by atoms with E-state index in [1.807, 2.05) is 0 Å². The fourth-order valence-corrected chi connectivity index (χ4v) is 3.29. The Kier molecular flexibility index (Phi) is 8.74. The molecule has 0 radical (unpaired) electrons. The lowest BCUT2D eigenvalue weighted by Gasteiger charge is -2.31. The van der Waals surface area contributed by atoms with Crippen LogP contribution in [0.1, 0.15) is 66.2 Å². The second kappa shape index (κ2) is 9.75. The molecule has 0 aromatic carbocycles. The first-order valence-electron chi connectivity index (χ1n) is 8.61. The predicted octanol–water partition coefficient (Wildman–Crippen LogP) is 3.36. The van der Waals surface area contributed by atoms with Crippen molar-refractivity contribution in [3.8, 4) is 0 Å². The smallest absolute Gasteiger partial charge is 0.0897 e. The van der Waals surface area contributed by atoms with Crippen molar-refractivity contribution in [2.75, 3.05) is 13.2 Å². The molecule has 0 amide bonds. The maximum absolute atomic E-state index is 10.1. The Morgan fingerprint density at radius 2 is 1.90 bits per heavy atom. The highest BCUT2D eigenvalue weighted by Gasteiger charge is 2.25. The predicted molar refractivity (Wildman–Crippen MR) is 84.9 cm³/mol. The number of hydrogen-bond donors (Lipinski definition) is 2. The topological polar surface area (TPSA) is 41.5 Å². The van der Waals surface area contributed by atoms with Crippen molar-refractivity contribution < 1.29 is 9.84 Å². The van der Waals surface area contributed by atoms with Gasteiger partial charge in [-0.1, -0.05) is 47.0 Å². The molecule has 1 rings (SSSR count). The molecule has 1 aliphatic rings. The summed E-state index contributed by atoms with van der Waals surface area (Å²) in [5, 5.41) is 13.5. The van der Waals surface area contributed by atoms with E-state index in [4.69, 9.17) is 4.74 Å². The average molecular weight is 285 g/mol. The monoisotopic (exact) mass is 285 g/mol. The van der Waals surface area contributed by atoms with E-state index in [1.165, 1.54) is 32.1 Å². The van der Waals surface area contributed by atoms with Crippen LogP contribution in [0.3, 0.4) is 0 Å². The Bertz CT molecular complexity index is 245. The van der Waals surface area contributed by atoms with Crippen molar-refractivity contribution in [3.05, 3.63) is 0 Å². The number of ether oxygens (including phenoxy) is 1. The number of aliphatic hydroxyl groups excluding tert-OH is 1. The second-order valence-corrected chi connectivity index (χ2v) is 6.65. The molecular formula is C17H35NO2. The van der Waals surface area contributed by atoms with Crippen LogP contribution in [0.25, 0.3) is 0 Å². The molecular weight excluding hydrogens is 250 g/mol. The SMILES string of the molecule is CCC1CCCCC1OCC(O)CNC(CC)C(C)C. The van der Waals surface area contributed by atoms with Gasteiger partial charge in [-0.15, -0.1) is 0 Å². The van der Waals surface area contributed by atoms with E-state index in [0.717, 1.165) is 6.42 Å². The van der Waals surface area contributed by atoms with Gasteiger partial charge in [0.25, 0.3) is 0 Å². The van der Waals surface area contributed by atoms with Crippen LogP contribution < -0.4 is 5.32 Å². The minimum Gasteiger partial charge on any atom is -0.389 e. The highest BCUT2D eigenvalue weighted by atomic mass is 16.5. The van der Waals surface area contributed by atoms with Gasteiger partial charge in [0.2, 0.25) is 0 Å². The molecule has 4 atom stereocenters. The van der Waals surface area contributed by atoms with E-state index in [1.54, 1.807) is 0 Å². The van der Waals surface area contributed by atoms with Crippen molar-refractivity contribution >= 4 is 0 Å². The van der Waals surface area contributed by atoms with Gasteiger partial charge in [-0.05, 0) is 31.1 Å². The van der Waals surface area contributed by atoms with Crippen molar-refractivity contribution in [1.82, 2.24) is 5.32 Å². The zero-order valence-corrected chi connectivity index (χ0v) is 13.9. The van der Waals surface area contributed by atoms with E-state index in [-0.39, 0.29) is 6.10 Å². The lowest BCUT2D eigenvalue weighted by Crippen LogP contribution is -2.41. The van der Waals surface area contributed by atoms with Crippen LogP contribution >= 0.6 is 0 Å². The molecule has 3 nitrogen and oxygen atoms in total. The van der Waals surface area contributed by atoms with Gasteiger partial charge >= 0.3 is 0 Å². The maximum atomic E-state index is 10.1. The van der Waals surface area contributed by atoms with Gasteiger partial charge in [0.05, 0.1) is 18.8 Å². The van der Waals surface area contributed by atoms with Crippen LogP contribution in [0.4, 0.5) is 0 Å². The summed E-state index contributed by atoms with van der Waals surface area (Å²) in [5.41, 5.74) is 0. The summed E-state index contributed by atoms with van der Waals surface area (Å²) in [7, 11) is 0. The molecule has 0 bridgehead atoms. The van der Waals surface area contributed by atoms with Gasteiger partial charge in [0, 0.05) is 12.6 Å².